The van der Waals surface area contributed by atoms with Crippen molar-refractivity contribution < 1.29 is 9.53 Å². The van der Waals surface area contributed by atoms with Crippen LogP contribution in [0.2, 0.25) is 0 Å². The summed E-state index contributed by atoms with van der Waals surface area (Å²) in [5.41, 5.74) is 4.30. The van der Waals surface area contributed by atoms with Gasteiger partial charge in [0, 0.05) is 13.1 Å². The summed E-state index contributed by atoms with van der Waals surface area (Å²) in [6.07, 6.45) is 0.364. The predicted molar refractivity (Wildman–Crippen MR) is 121 cm³/mol. The number of aromatic nitrogens is 1. The molecule has 2 aromatic carbocycles. The third-order valence-electron chi connectivity index (χ3n) is 4.90. The summed E-state index contributed by atoms with van der Waals surface area (Å²) in [4.78, 5) is 21.9. The van der Waals surface area contributed by atoms with Gasteiger partial charge in [-0.25, -0.2) is 4.98 Å². The van der Waals surface area contributed by atoms with Crippen LogP contribution in [0.1, 0.15) is 23.6 Å². The molecule has 0 fully saturated rings. The average molecular weight is 412 g/mol. The van der Waals surface area contributed by atoms with E-state index in [1.807, 2.05) is 50.2 Å². The number of carbonyl (C=O) groups is 1. The van der Waals surface area contributed by atoms with Crippen molar-refractivity contribution in [3.63, 3.8) is 0 Å². The summed E-state index contributed by atoms with van der Waals surface area (Å²) in [7, 11) is 4.02. The van der Waals surface area contributed by atoms with E-state index < -0.39 is 0 Å². The number of rotatable bonds is 8. The summed E-state index contributed by atoms with van der Waals surface area (Å²) in [6.45, 7) is 8.08. The predicted octanol–water partition coefficient (Wildman–Crippen LogP) is 4.45. The van der Waals surface area contributed by atoms with Gasteiger partial charge in [-0.2, -0.15) is 0 Å². The molecule has 0 N–H and O–H groups in total. The zero-order valence-electron chi connectivity index (χ0n) is 17.9. The molecule has 0 unspecified atom stereocenters. The van der Waals surface area contributed by atoms with Crippen molar-refractivity contribution in [2.75, 3.05) is 38.7 Å². The van der Waals surface area contributed by atoms with E-state index in [0.29, 0.717) is 19.6 Å². The summed E-state index contributed by atoms with van der Waals surface area (Å²) in [6, 6.07) is 12.1. The van der Waals surface area contributed by atoms with Crippen molar-refractivity contribution >= 4 is 32.6 Å². The van der Waals surface area contributed by atoms with Gasteiger partial charge in [-0.15, -0.1) is 0 Å². The van der Waals surface area contributed by atoms with Crippen molar-refractivity contribution in [2.45, 2.75) is 27.2 Å². The standard InChI is InChI=1S/C23H29N3O2S/c1-6-28-19-8-7-9-20-22(19)24-23(29-20)26(13-12-25(4)5)21(27)15-18-11-10-16(2)17(3)14-18/h7-11,14H,6,12-13,15H2,1-5H3. The number of aryl methyl sites for hydroxylation is 2. The van der Waals surface area contributed by atoms with E-state index in [4.69, 9.17) is 9.72 Å². The third-order valence-corrected chi connectivity index (χ3v) is 5.94. The minimum absolute atomic E-state index is 0.0621. The van der Waals surface area contributed by atoms with Gasteiger partial charge in [0.15, 0.2) is 5.13 Å². The van der Waals surface area contributed by atoms with Crippen LogP contribution in [0, 0.1) is 13.8 Å². The molecule has 0 aliphatic carbocycles. The number of ether oxygens (including phenoxy) is 1. The minimum Gasteiger partial charge on any atom is -0.492 e. The maximum absolute atomic E-state index is 13.3. The van der Waals surface area contributed by atoms with Crippen molar-refractivity contribution in [2.24, 2.45) is 0 Å². The van der Waals surface area contributed by atoms with E-state index in [1.54, 1.807) is 0 Å². The van der Waals surface area contributed by atoms with Gasteiger partial charge in [-0.1, -0.05) is 35.6 Å². The van der Waals surface area contributed by atoms with Gasteiger partial charge in [0.25, 0.3) is 0 Å². The molecule has 3 aromatic rings. The second-order valence-electron chi connectivity index (χ2n) is 7.48. The molecule has 0 radical (unpaired) electrons. The van der Waals surface area contributed by atoms with Gasteiger partial charge >= 0.3 is 0 Å². The van der Waals surface area contributed by atoms with E-state index >= 15 is 0 Å². The molecule has 6 heteroatoms. The van der Waals surface area contributed by atoms with Crippen LogP contribution in [-0.4, -0.2) is 49.6 Å². The first-order valence-corrected chi connectivity index (χ1v) is 10.7. The highest BCUT2D eigenvalue weighted by Gasteiger charge is 2.21. The van der Waals surface area contributed by atoms with Crippen LogP contribution >= 0.6 is 11.3 Å². The molecule has 154 valence electrons. The summed E-state index contributed by atoms with van der Waals surface area (Å²) in [5.74, 6) is 0.828. The number of hydrogen-bond donors (Lipinski definition) is 0. The first kappa shape index (κ1) is 21.3. The van der Waals surface area contributed by atoms with Crippen LogP contribution in [0.4, 0.5) is 5.13 Å². The lowest BCUT2D eigenvalue weighted by atomic mass is 10.0. The number of nitrogens with zero attached hydrogens (tertiary/aromatic N) is 3. The minimum atomic E-state index is 0.0621. The maximum Gasteiger partial charge on any atom is 0.233 e. The Morgan fingerprint density at radius 2 is 1.90 bits per heavy atom. The van der Waals surface area contributed by atoms with E-state index in [0.717, 1.165) is 33.2 Å². The van der Waals surface area contributed by atoms with Crippen molar-refractivity contribution in [3.05, 3.63) is 53.1 Å². The van der Waals surface area contributed by atoms with Gasteiger partial charge in [-0.3, -0.25) is 9.69 Å². The quantitative estimate of drug-likeness (QED) is 0.549. The van der Waals surface area contributed by atoms with Crippen LogP contribution in [0.15, 0.2) is 36.4 Å². The molecular weight excluding hydrogens is 382 g/mol. The average Bonchev–Trinajstić information content (AvgIpc) is 3.10. The fourth-order valence-corrected chi connectivity index (χ4v) is 4.14. The number of hydrogen-bond acceptors (Lipinski definition) is 5. The van der Waals surface area contributed by atoms with E-state index in [-0.39, 0.29) is 5.91 Å². The van der Waals surface area contributed by atoms with Crippen LogP contribution in [-0.2, 0) is 11.2 Å². The number of fused-ring (bicyclic) bond motifs is 1. The maximum atomic E-state index is 13.3. The van der Waals surface area contributed by atoms with E-state index in [2.05, 4.69) is 30.9 Å². The second kappa shape index (κ2) is 9.37. The van der Waals surface area contributed by atoms with E-state index in [1.165, 1.54) is 22.5 Å². The monoisotopic (exact) mass is 411 g/mol. The first-order valence-electron chi connectivity index (χ1n) is 9.92. The van der Waals surface area contributed by atoms with Gasteiger partial charge in [0.05, 0.1) is 17.7 Å². The zero-order chi connectivity index (χ0) is 21.0. The zero-order valence-corrected chi connectivity index (χ0v) is 18.7. The molecule has 0 saturated heterocycles. The Morgan fingerprint density at radius 3 is 2.59 bits per heavy atom. The molecule has 0 saturated carbocycles. The van der Waals surface area contributed by atoms with Crippen LogP contribution in [0.25, 0.3) is 10.2 Å². The molecule has 0 bridgehead atoms. The smallest absolute Gasteiger partial charge is 0.233 e. The lowest BCUT2D eigenvalue weighted by Gasteiger charge is -2.22. The second-order valence-corrected chi connectivity index (χ2v) is 8.49. The number of anilines is 1. The van der Waals surface area contributed by atoms with Crippen molar-refractivity contribution in [3.8, 4) is 5.75 Å². The SMILES string of the molecule is CCOc1cccc2sc(N(CCN(C)C)C(=O)Cc3ccc(C)c(C)c3)nc12. The molecule has 0 aliphatic heterocycles. The number of amides is 1. The molecule has 0 aliphatic rings. The fraction of sp³-hybridized carbons (Fsp3) is 0.391. The number of carbonyl (C=O) groups excluding carboxylic acids is 1. The Morgan fingerprint density at radius 1 is 1.10 bits per heavy atom. The topological polar surface area (TPSA) is 45.7 Å². The Hall–Kier alpha value is -2.44. The molecule has 1 aromatic heterocycles. The Bertz CT molecular complexity index is 997. The van der Waals surface area contributed by atoms with Crippen molar-refractivity contribution in [1.29, 1.82) is 0 Å². The van der Waals surface area contributed by atoms with Gasteiger partial charge < -0.3 is 9.64 Å². The molecule has 1 amide bonds. The van der Waals surface area contributed by atoms with Crippen LogP contribution in [0.5, 0.6) is 5.75 Å². The molecule has 0 spiro atoms. The summed E-state index contributed by atoms with van der Waals surface area (Å²) >= 11 is 1.54. The highest BCUT2D eigenvalue weighted by atomic mass is 32.1. The number of likely N-dealkylation sites (N-methyl/N-ethyl adjacent to an activating group) is 1. The lowest BCUT2D eigenvalue weighted by Crippen LogP contribution is -2.37. The number of thiazole rings is 1. The lowest BCUT2D eigenvalue weighted by molar-refractivity contribution is -0.118. The van der Waals surface area contributed by atoms with Crippen LogP contribution < -0.4 is 9.64 Å². The Kier molecular flexibility index (Phi) is 6.87. The third kappa shape index (κ3) is 5.14. The Labute approximate surface area is 176 Å². The van der Waals surface area contributed by atoms with Gasteiger partial charge in [0.2, 0.25) is 5.91 Å². The summed E-state index contributed by atoms with van der Waals surface area (Å²) < 4.78 is 6.75. The summed E-state index contributed by atoms with van der Waals surface area (Å²) in [5, 5.41) is 0.725. The number of benzene rings is 2. The highest BCUT2D eigenvalue weighted by molar-refractivity contribution is 7.22. The highest BCUT2D eigenvalue weighted by Crippen LogP contribution is 2.34. The number of para-hydroxylation sites is 1. The molecule has 3 rings (SSSR count). The van der Waals surface area contributed by atoms with Crippen molar-refractivity contribution in [1.82, 2.24) is 9.88 Å². The van der Waals surface area contributed by atoms with E-state index in [9.17, 15) is 4.79 Å². The largest absolute Gasteiger partial charge is 0.492 e. The normalized spacial score (nSPS) is 11.2. The fourth-order valence-electron chi connectivity index (χ4n) is 3.11. The molecule has 29 heavy (non-hydrogen) atoms. The molecule has 5 nitrogen and oxygen atoms in total. The first-order chi connectivity index (χ1) is 13.9. The van der Waals surface area contributed by atoms with Crippen LogP contribution in [0.3, 0.4) is 0 Å². The molecule has 1 heterocycles. The molecular formula is C23H29N3O2S. The Balaban J connectivity index is 1.91. The molecule has 0 atom stereocenters. The van der Waals surface area contributed by atoms with Gasteiger partial charge in [0.1, 0.15) is 11.3 Å². The van der Waals surface area contributed by atoms with Gasteiger partial charge in [-0.05, 0) is 63.7 Å².